The molecule has 0 aliphatic rings. The van der Waals surface area contributed by atoms with Crippen molar-refractivity contribution >= 4 is 27.7 Å². The fourth-order valence-electron chi connectivity index (χ4n) is 1.60. The van der Waals surface area contributed by atoms with Gasteiger partial charge in [0.15, 0.2) is 0 Å². The van der Waals surface area contributed by atoms with E-state index < -0.39 is 11.4 Å². The van der Waals surface area contributed by atoms with E-state index >= 15 is 0 Å². The van der Waals surface area contributed by atoms with Gasteiger partial charge in [0.25, 0.3) is 0 Å². The predicted molar refractivity (Wildman–Crippen MR) is 80.4 cm³/mol. The molecule has 0 bridgehead atoms. The number of benzene rings is 1. The van der Waals surface area contributed by atoms with Crippen molar-refractivity contribution in [3.63, 3.8) is 0 Å². The summed E-state index contributed by atoms with van der Waals surface area (Å²) in [5.41, 5.74) is 5.18. The van der Waals surface area contributed by atoms with Crippen molar-refractivity contribution in [2.45, 2.75) is 32.2 Å². The molecule has 2 amide bonds. The molecule has 0 aromatic heterocycles. The average Bonchev–Trinajstić information content (AvgIpc) is 2.35. The van der Waals surface area contributed by atoms with Gasteiger partial charge in [0, 0.05) is 6.42 Å². The van der Waals surface area contributed by atoms with Gasteiger partial charge in [-0.25, -0.2) is 0 Å². The average molecular weight is 343 g/mol. The Balaban J connectivity index is 2.57. The van der Waals surface area contributed by atoms with Gasteiger partial charge in [0.1, 0.15) is 11.3 Å². The molecule has 6 heteroatoms. The van der Waals surface area contributed by atoms with Gasteiger partial charge in [-0.3, -0.25) is 9.59 Å². The van der Waals surface area contributed by atoms with E-state index in [1.54, 1.807) is 21.0 Å². The maximum absolute atomic E-state index is 11.8. The van der Waals surface area contributed by atoms with Crippen LogP contribution in [-0.2, 0) is 16.0 Å². The van der Waals surface area contributed by atoms with E-state index in [2.05, 4.69) is 21.2 Å². The Bertz CT molecular complexity index is 515. The zero-order valence-electron chi connectivity index (χ0n) is 11.8. The number of methoxy groups -OCH3 is 1. The molecule has 1 aromatic carbocycles. The molecule has 3 N–H and O–H groups in total. The van der Waals surface area contributed by atoms with Crippen LogP contribution in [0.4, 0.5) is 0 Å². The Morgan fingerprint density at radius 3 is 2.55 bits per heavy atom. The maximum atomic E-state index is 11.8. The number of primary amides is 1. The lowest BCUT2D eigenvalue weighted by Crippen LogP contribution is -2.53. The van der Waals surface area contributed by atoms with Crippen LogP contribution in [0, 0.1) is 0 Å². The third-order valence-electron chi connectivity index (χ3n) is 2.92. The lowest BCUT2D eigenvalue weighted by Gasteiger charge is -2.22. The summed E-state index contributed by atoms with van der Waals surface area (Å²) in [6, 6.07) is 5.64. The van der Waals surface area contributed by atoms with Crippen molar-refractivity contribution in [1.29, 1.82) is 0 Å². The van der Waals surface area contributed by atoms with Crippen LogP contribution in [0.1, 0.15) is 25.8 Å². The Morgan fingerprint density at radius 1 is 1.40 bits per heavy atom. The molecule has 0 aliphatic heterocycles. The molecule has 0 unspecified atom stereocenters. The first-order valence-corrected chi connectivity index (χ1v) is 6.99. The van der Waals surface area contributed by atoms with Crippen LogP contribution in [0.3, 0.4) is 0 Å². The number of carbonyl (C=O) groups is 2. The second-order valence-corrected chi connectivity index (χ2v) is 5.86. The highest BCUT2D eigenvalue weighted by Gasteiger charge is 2.26. The highest BCUT2D eigenvalue weighted by atomic mass is 79.9. The van der Waals surface area contributed by atoms with Gasteiger partial charge in [-0.15, -0.1) is 0 Å². The predicted octanol–water partition coefficient (Wildman–Crippen LogP) is 1.77. The molecule has 0 fully saturated rings. The Kier molecular flexibility index (Phi) is 5.56. The number of carbonyl (C=O) groups excluding carboxylic acids is 2. The van der Waals surface area contributed by atoms with Gasteiger partial charge in [-0.2, -0.15) is 0 Å². The number of amides is 2. The minimum absolute atomic E-state index is 0.208. The minimum Gasteiger partial charge on any atom is -0.496 e. The molecule has 1 aromatic rings. The number of hydrogen-bond donors (Lipinski definition) is 2. The molecule has 0 atom stereocenters. The van der Waals surface area contributed by atoms with E-state index in [0.717, 1.165) is 15.8 Å². The van der Waals surface area contributed by atoms with Gasteiger partial charge in [-0.05, 0) is 53.9 Å². The minimum atomic E-state index is -1.03. The van der Waals surface area contributed by atoms with Crippen LogP contribution in [0.15, 0.2) is 22.7 Å². The largest absolute Gasteiger partial charge is 0.496 e. The molecular weight excluding hydrogens is 324 g/mol. The Hall–Kier alpha value is -1.56. The summed E-state index contributed by atoms with van der Waals surface area (Å²) in [6.45, 7) is 3.16. The highest BCUT2D eigenvalue weighted by Crippen LogP contribution is 2.25. The summed E-state index contributed by atoms with van der Waals surface area (Å²) in [5, 5.41) is 2.61. The fourth-order valence-corrected chi connectivity index (χ4v) is 2.18. The molecule has 0 saturated heterocycles. The van der Waals surface area contributed by atoms with Gasteiger partial charge < -0.3 is 15.8 Å². The van der Waals surface area contributed by atoms with Gasteiger partial charge in [0.2, 0.25) is 11.8 Å². The second kappa shape index (κ2) is 6.74. The van der Waals surface area contributed by atoms with Gasteiger partial charge >= 0.3 is 0 Å². The zero-order chi connectivity index (χ0) is 15.3. The quantitative estimate of drug-likeness (QED) is 0.826. The monoisotopic (exact) mass is 342 g/mol. The van der Waals surface area contributed by atoms with Crippen LogP contribution in [0.5, 0.6) is 5.75 Å². The number of halogens is 1. The smallest absolute Gasteiger partial charge is 0.242 e. The third-order valence-corrected chi connectivity index (χ3v) is 3.54. The summed E-state index contributed by atoms with van der Waals surface area (Å²) in [7, 11) is 1.60. The van der Waals surface area contributed by atoms with Crippen molar-refractivity contribution < 1.29 is 14.3 Å². The van der Waals surface area contributed by atoms with E-state index in [0.29, 0.717) is 6.42 Å². The van der Waals surface area contributed by atoms with Crippen molar-refractivity contribution in [1.82, 2.24) is 5.32 Å². The van der Waals surface area contributed by atoms with Crippen molar-refractivity contribution in [3.8, 4) is 5.75 Å². The zero-order valence-corrected chi connectivity index (χ0v) is 13.4. The van der Waals surface area contributed by atoms with E-state index in [9.17, 15) is 9.59 Å². The van der Waals surface area contributed by atoms with Crippen LogP contribution in [0.2, 0.25) is 0 Å². The first-order chi connectivity index (χ1) is 9.26. The summed E-state index contributed by atoms with van der Waals surface area (Å²) in [5.74, 6) is -0.0214. The van der Waals surface area contributed by atoms with Crippen LogP contribution in [0.25, 0.3) is 0 Å². The molecule has 110 valence electrons. The first-order valence-electron chi connectivity index (χ1n) is 6.19. The van der Waals surface area contributed by atoms with Gasteiger partial charge in [-0.1, -0.05) is 6.07 Å². The molecule has 1 rings (SSSR count). The lowest BCUT2D eigenvalue weighted by atomic mass is 10.0. The summed E-state index contributed by atoms with van der Waals surface area (Å²) >= 11 is 3.40. The Labute approximate surface area is 127 Å². The number of rotatable bonds is 6. The first kappa shape index (κ1) is 16.5. The number of nitrogens with one attached hydrogen (secondary N) is 1. The topological polar surface area (TPSA) is 81.4 Å². The number of hydrogen-bond acceptors (Lipinski definition) is 3. The third kappa shape index (κ3) is 4.52. The molecular formula is C14H19BrN2O3. The number of nitrogens with two attached hydrogens (primary N) is 1. The highest BCUT2D eigenvalue weighted by molar-refractivity contribution is 9.10. The van der Waals surface area contributed by atoms with Gasteiger partial charge in [0.05, 0.1) is 11.6 Å². The van der Waals surface area contributed by atoms with E-state index in [1.165, 1.54) is 0 Å². The van der Waals surface area contributed by atoms with Crippen molar-refractivity contribution in [2.24, 2.45) is 5.73 Å². The maximum Gasteiger partial charge on any atom is 0.242 e. The summed E-state index contributed by atoms with van der Waals surface area (Å²) < 4.78 is 5.98. The van der Waals surface area contributed by atoms with Crippen LogP contribution in [-0.4, -0.2) is 24.5 Å². The van der Waals surface area contributed by atoms with E-state index in [1.807, 2.05) is 18.2 Å². The fraction of sp³-hybridized carbons (Fsp3) is 0.429. The molecule has 0 aliphatic carbocycles. The molecule has 0 spiro atoms. The lowest BCUT2D eigenvalue weighted by molar-refractivity contribution is -0.130. The van der Waals surface area contributed by atoms with Crippen molar-refractivity contribution in [3.05, 3.63) is 28.2 Å². The Morgan fingerprint density at radius 2 is 2.05 bits per heavy atom. The number of aryl methyl sites for hydroxylation is 1. The normalized spacial score (nSPS) is 11.0. The second-order valence-electron chi connectivity index (χ2n) is 5.01. The summed E-state index contributed by atoms with van der Waals surface area (Å²) in [6.07, 6.45) is 0.860. The molecule has 20 heavy (non-hydrogen) atoms. The summed E-state index contributed by atoms with van der Waals surface area (Å²) in [4.78, 5) is 22.9. The molecule has 0 heterocycles. The standard InChI is InChI=1S/C14H19BrN2O3/c1-14(2,13(16)19)17-12(18)7-5-9-4-6-11(20-3)10(15)8-9/h4,6,8H,5,7H2,1-3H3,(H2,16,19)(H,17,18). The number of ether oxygens (including phenoxy) is 1. The van der Waals surface area contributed by atoms with E-state index in [4.69, 9.17) is 10.5 Å². The SMILES string of the molecule is COc1ccc(CCC(=O)NC(C)(C)C(N)=O)cc1Br. The van der Waals surface area contributed by atoms with Crippen LogP contribution >= 0.6 is 15.9 Å². The molecule has 0 saturated carbocycles. The molecule has 5 nitrogen and oxygen atoms in total. The van der Waals surface area contributed by atoms with E-state index in [-0.39, 0.29) is 12.3 Å². The van der Waals surface area contributed by atoms with Crippen LogP contribution < -0.4 is 15.8 Å². The molecule has 0 radical (unpaired) electrons. The van der Waals surface area contributed by atoms with Crippen molar-refractivity contribution in [2.75, 3.05) is 7.11 Å².